The van der Waals surface area contributed by atoms with Crippen LogP contribution in [-0.4, -0.2) is 70.3 Å². The Bertz CT molecular complexity index is 2710. The van der Waals surface area contributed by atoms with Gasteiger partial charge in [-0.05, 0) is 74.7 Å². The number of anilines is 1. The molecule has 1 aliphatic rings. The van der Waals surface area contributed by atoms with Crippen molar-refractivity contribution in [1.82, 2.24) is 14.2 Å². The van der Waals surface area contributed by atoms with Crippen LogP contribution in [0.15, 0.2) is 157 Å². The Morgan fingerprint density at radius 1 is 0.812 bits per heavy atom. The van der Waals surface area contributed by atoms with Crippen molar-refractivity contribution in [3.63, 3.8) is 0 Å². The molecule has 1 N–H and O–H groups in total. The average molecular weight is 949 g/mol. The van der Waals surface area contributed by atoms with E-state index in [4.69, 9.17) is 28.1 Å². The number of carbonyl (C=O) groups excluding carboxylic acids is 2. The highest BCUT2D eigenvalue weighted by molar-refractivity contribution is 7.44. The molecule has 2 unspecified atom stereocenters. The summed E-state index contributed by atoms with van der Waals surface area (Å²) in [5.41, 5.74) is 2.61. The second-order valence-corrected chi connectivity index (χ2v) is 18.0. The van der Waals surface area contributed by atoms with E-state index in [1.54, 1.807) is 30.3 Å². The van der Waals surface area contributed by atoms with E-state index >= 15 is 4.79 Å². The van der Waals surface area contributed by atoms with Crippen molar-refractivity contribution in [1.29, 1.82) is 10.5 Å². The molecule has 2 heterocycles. The van der Waals surface area contributed by atoms with Gasteiger partial charge >= 0.3 is 17.6 Å². The fraction of sp³-hybridized carbons (Fsp3) is 0.283. The molecule has 0 aliphatic carbocycles. The summed E-state index contributed by atoms with van der Waals surface area (Å²) in [4.78, 5) is 52.6. The lowest BCUT2D eigenvalue weighted by molar-refractivity contribution is -0.102. The topological polar surface area (TPSA) is 187 Å². The van der Waals surface area contributed by atoms with Crippen LogP contribution in [0.5, 0.6) is 5.75 Å². The standard InChI is InChI=1S/C53H53N6O9P/c1-36(2)59(37(3)4)69(64-33-19-31-54)68-45-34-47(58-32-30-46(57-63-5)56-52(58)62)66-48(45)49(53(39-21-9-6-10-22-39,40-23-11-7-12-24-40)41-25-13-8-14-26-41)67-51(61)43-28-17-16-27-42(43)50(60)65-44-29-18-15-20-38(44)35-55/h6-18,20-30,32,36-37,45,47-49H,19,33-34H2,1-5H3,(H,56,57,62)/t45-,47+,48-,49?,69?/m0/s1. The Labute approximate surface area is 402 Å². The summed E-state index contributed by atoms with van der Waals surface area (Å²) in [5.74, 6) is -1.59. The molecule has 1 aromatic heterocycles. The van der Waals surface area contributed by atoms with Gasteiger partial charge in [0, 0.05) is 24.7 Å². The molecule has 5 atom stereocenters. The summed E-state index contributed by atoms with van der Waals surface area (Å²) >= 11 is 0. The largest absolute Gasteiger partial charge is 0.454 e. The number of hydrogen-bond acceptors (Lipinski definition) is 14. The van der Waals surface area contributed by atoms with Crippen LogP contribution in [0, 0.1) is 22.7 Å². The summed E-state index contributed by atoms with van der Waals surface area (Å²) in [5, 5.41) is 19.4. The minimum atomic E-state index is -1.94. The Balaban J connectivity index is 1.47. The zero-order chi connectivity index (χ0) is 48.9. The number of nitrogens with zero attached hydrogens (tertiary/aromatic N) is 5. The number of aromatic nitrogens is 2. The molecular formula is C53H53N6O9P. The third kappa shape index (κ3) is 11.1. The smallest absolute Gasteiger partial charge is 0.351 e. The highest BCUT2D eigenvalue weighted by atomic mass is 31.2. The van der Waals surface area contributed by atoms with Crippen LogP contribution in [0.3, 0.4) is 0 Å². The molecule has 0 saturated carbocycles. The van der Waals surface area contributed by atoms with E-state index in [-0.39, 0.29) is 59.8 Å². The summed E-state index contributed by atoms with van der Waals surface area (Å²) in [7, 11) is -0.534. The molecule has 1 fully saturated rings. The molecule has 6 aromatic rings. The third-order valence-electron chi connectivity index (χ3n) is 11.6. The summed E-state index contributed by atoms with van der Waals surface area (Å²) in [6, 6.07) is 46.8. The summed E-state index contributed by atoms with van der Waals surface area (Å²) in [6.45, 7) is 8.17. The first-order valence-corrected chi connectivity index (χ1v) is 23.6. The fourth-order valence-corrected chi connectivity index (χ4v) is 10.5. The van der Waals surface area contributed by atoms with Gasteiger partial charge < -0.3 is 23.3 Å². The molecular weight excluding hydrogens is 896 g/mol. The monoisotopic (exact) mass is 948 g/mol. The van der Waals surface area contributed by atoms with Gasteiger partial charge in [0.15, 0.2) is 5.82 Å². The van der Waals surface area contributed by atoms with Crippen molar-refractivity contribution in [3.05, 3.63) is 196 Å². The van der Waals surface area contributed by atoms with E-state index in [1.165, 1.54) is 42.1 Å². The fourth-order valence-electron chi connectivity index (χ4n) is 8.73. The van der Waals surface area contributed by atoms with Gasteiger partial charge in [-0.3, -0.25) is 9.40 Å². The second-order valence-electron chi connectivity index (χ2n) is 16.6. The first kappa shape index (κ1) is 49.8. The molecule has 16 heteroatoms. The van der Waals surface area contributed by atoms with E-state index in [0.717, 1.165) is 16.7 Å². The predicted molar refractivity (Wildman–Crippen MR) is 259 cm³/mol. The Morgan fingerprint density at radius 3 is 1.90 bits per heavy atom. The van der Waals surface area contributed by atoms with E-state index in [0.29, 0.717) is 0 Å². The van der Waals surface area contributed by atoms with Gasteiger partial charge in [-0.15, -0.1) is 0 Å². The van der Waals surface area contributed by atoms with Crippen molar-refractivity contribution >= 4 is 26.3 Å². The van der Waals surface area contributed by atoms with Gasteiger partial charge in [-0.1, -0.05) is 115 Å². The molecule has 7 rings (SSSR count). The molecule has 69 heavy (non-hydrogen) atoms. The Morgan fingerprint density at radius 2 is 1.36 bits per heavy atom. The van der Waals surface area contributed by atoms with E-state index in [1.807, 2.05) is 125 Å². The number of para-hydroxylation sites is 1. The van der Waals surface area contributed by atoms with E-state index in [2.05, 4.69) is 21.2 Å². The van der Waals surface area contributed by atoms with Gasteiger partial charge in [0.25, 0.3) is 8.53 Å². The predicted octanol–water partition coefficient (Wildman–Crippen LogP) is 9.52. The van der Waals surface area contributed by atoms with Crippen molar-refractivity contribution in [2.75, 3.05) is 19.2 Å². The average Bonchev–Trinajstić information content (AvgIpc) is 3.77. The molecule has 0 bridgehead atoms. The number of ether oxygens (including phenoxy) is 3. The first-order chi connectivity index (χ1) is 33.5. The molecule has 5 aromatic carbocycles. The normalized spacial score (nSPS) is 16.6. The maximum atomic E-state index is 15.4. The van der Waals surface area contributed by atoms with Gasteiger partial charge in [-0.2, -0.15) is 15.5 Å². The van der Waals surface area contributed by atoms with Gasteiger partial charge in [0.2, 0.25) is 0 Å². The van der Waals surface area contributed by atoms with Crippen molar-refractivity contribution in [2.45, 2.75) is 82.6 Å². The van der Waals surface area contributed by atoms with Crippen LogP contribution in [0.4, 0.5) is 5.82 Å². The maximum Gasteiger partial charge on any atom is 0.351 e. The molecule has 354 valence electrons. The quantitative estimate of drug-likeness (QED) is 0.0190. The van der Waals surface area contributed by atoms with Gasteiger partial charge in [0.1, 0.15) is 30.3 Å². The van der Waals surface area contributed by atoms with Crippen molar-refractivity contribution in [2.24, 2.45) is 0 Å². The molecule has 1 saturated heterocycles. The maximum absolute atomic E-state index is 15.4. The summed E-state index contributed by atoms with van der Waals surface area (Å²) in [6.07, 6.45) is -2.85. The number of benzene rings is 5. The molecule has 0 spiro atoms. The number of hydrogen-bond donors (Lipinski definition) is 1. The molecule has 15 nitrogen and oxygen atoms in total. The molecule has 0 amide bonds. The lowest BCUT2D eigenvalue weighted by atomic mass is 9.64. The minimum absolute atomic E-state index is 0.0220. The van der Waals surface area contributed by atoms with Crippen molar-refractivity contribution < 1.29 is 37.7 Å². The lowest BCUT2D eigenvalue weighted by Gasteiger charge is -2.45. The Hall–Kier alpha value is -7.07. The van der Waals surface area contributed by atoms with Crippen LogP contribution in [0.1, 0.15) is 89.7 Å². The van der Waals surface area contributed by atoms with Crippen molar-refractivity contribution in [3.8, 4) is 17.9 Å². The first-order valence-electron chi connectivity index (χ1n) is 22.5. The lowest BCUT2D eigenvalue weighted by Crippen LogP contribution is -2.54. The Kier molecular flexibility index (Phi) is 16.8. The van der Waals surface area contributed by atoms with E-state index < -0.39 is 56.1 Å². The highest BCUT2D eigenvalue weighted by Gasteiger charge is 2.56. The van der Waals surface area contributed by atoms with Gasteiger partial charge in [0.05, 0.1) is 54.4 Å². The number of nitrogens with one attached hydrogen (secondary N) is 1. The zero-order valence-corrected chi connectivity index (χ0v) is 39.8. The number of rotatable bonds is 20. The van der Waals surface area contributed by atoms with Crippen LogP contribution in [0.25, 0.3) is 0 Å². The number of esters is 2. The van der Waals surface area contributed by atoms with Crippen LogP contribution < -0.4 is 15.9 Å². The van der Waals surface area contributed by atoms with E-state index in [9.17, 15) is 20.1 Å². The number of nitriles is 2. The second kappa shape index (κ2) is 23.3. The SMILES string of the molecule is CONc1ccn([C@H]2C[C@H](OP(OCCC#N)N(C(C)C)C(C)C)[C@@H](C(OC(=O)c3ccccc3C(=O)Oc3ccccc3C#N)C(c3ccccc3)(c3ccccc3)c3ccccc3)O2)c(=O)n1. The number of carbonyl (C=O) groups is 2. The highest BCUT2D eigenvalue weighted by Crippen LogP contribution is 2.54. The molecule has 0 radical (unpaired) electrons. The molecule has 1 aliphatic heterocycles. The van der Waals surface area contributed by atoms with Crippen LogP contribution in [-0.2, 0) is 28.8 Å². The van der Waals surface area contributed by atoms with Crippen LogP contribution >= 0.6 is 8.53 Å². The third-order valence-corrected chi connectivity index (χ3v) is 13.7. The van der Waals surface area contributed by atoms with Gasteiger partial charge in [-0.25, -0.2) is 24.5 Å². The zero-order valence-electron chi connectivity index (χ0n) is 38.9. The summed E-state index contributed by atoms with van der Waals surface area (Å²) < 4.78 is 37.1. The van der Waals surface area contributed by atoms with Crippen LogP contribution in [0.2, 0.25) is 0 Å². The minimum Gasteiger partial charge on any atom is -0.454 e.